The number of hydrogen-bond acceptors (Lipinski definition) is 3. The van der Waals surface area contributed by atoms with Crippen LogP contribution in [0.2, 0.25) is 0 Å². The van der Waals surface area contributed by atoms with E-state index in [-0.39, 0.29) is 0 Å². The van der Waals surface area contributed by atoms with Crippen LogP contribution in [-0.2, 0) is 12.6 Å². The van der Waals surface area contributed by atoms with E-state index in [1.54, 1.807) is 0 Å². The van der Waals surface area contributed by atoms with Gasteiger partial charge >= 0.3 is 6.18 Å². The molecule has 0 bridgehead atoms. The number of nitriles is 2. The Bertz CT molecular complexity index is 536. The highest BCUT2D eigenvalue weighted by molar-refractivity contribution is 5.45. The van der Waals surface area contributed by atoms with Crippen LogP contribution in [0.25, 0.3) is 0 Å². The lowest BCUT2D eigenvalue weighted by atomic mass is 9.99. The van der Waals surface area contributed by atoms with Gasteiger partial charge < -0.3 is 0 Å². The molecule has 0 aliphatic carbocycles. The van der Waals surface area contributed by atoms with E-state index in [1.165, 1.54) is 12.1 Å². The maximum atomic E-state index is 12.7. The first kappa shape index (κ1) is 13.8. The molecule has 0 fully saturated rings. The number of alkyl halides is 5. The van der Waals surface area contributed by atoms with Gasteiger partial charge in [0.1, 0.15) is 11.8 Å². The summed E-state index contributed by atoms with van der Waals surface area (Å²) in [5.74, 6) is 0. The Morgan fingerprint density at radius 2 is 1.89 bits per heavy atom. The van der Waals surface area contributed by atoms with Gasteiger partial charge in [0.2, 0.25) is 0 Å². The summed E-state index contributed by atoms with van der Waals surface area (Å²) in [5.41, 5.74) is -4.46. The molecule has 0 unspecified atom stereocenters. The topological polar surface area (TPSA) is 60.5 Å². The summed E-state index contributed by atoms with van der Waals surface area (Å²) in [6.45, 7) is 0. The minimum atomic E-state index is -5.08. The fraction of sp³-hybridized carbons (Fsp3) is 0.300. The summed E-state index contributed by atoms with van der Waals surface area (Å²) in [5, 5.41) is 17.0. The van der Waals surface area contributed by atoms with Gasteiger partial charge in [0.05, 0.1) is 18.1 Å². The number of nitrogens with zero attached hydrogens (tertiary/aromatic N) is 3. The smallest absolute Gasteiger partial charge is 0.245 e. The quantitative estimate of drug-likeness (QED) is 0.769. The minimum absolute atomic E-state index is 0.312. The van der Waals surface area contributed by atoms with Crippen molar-refractivity contribution in [1.29, 1.82) is 10.5 Å². The molecule has 0 saturated heterocycles. The first-order valence-corrected chi connectivity index (χ1v) is 4.47. The number of aromatic nitrogens is 1. The second kappa shape index (κ2) is 4.96. The second-order valence-electron chi connectivity index (χ2n) is 3.16. The lowest BCUT2D eigenvalue weighted by Crippen LogP contribution is -2.16. The van der Waals surface area contributed by atoms with E-state index in [9.17, 15) is 22.0 Å². The molecule has 3 nitrogen and oxygen atoms in total. The highest BCUT2D eigenvalue weighted by Crippen LogP contribution is 2.39. The van der Waals surface area contributed by atoms with Gasteiger partial charge in [-0.2, -0.15) is 23.7 Å². The third-order valence-corrected chi connectivity index (χ3v) is 2.09. The van der Waals surface area contributed by atoms with Crippen LogP contribution in [-0.4, -0.2) is 4.98 Å². The molecule has 0 saturated carbocycles. The summed E-state index contributed by atoms with van der Waals surface area (Å²) in [4.78, 5) is 3.22. The Balaban J connectivity index is 3.68. The third-order valence-electron chi connectivity index (χ3n) is 2.09. The van der Waals surface area contributed by atoms with Crippen molar-refractivity contribution in [3.63, 3.8) is 0 Å². The first-order valence-electron chi connectivity index (χ1n) is 4.47. The van der Waals surface area contributed by atoms with Crippen LogP contribution in [0.5, 0.6) is 0 Å². The molecular weight excluding hydrogens is 257 g/mol. The van der Waals surface area contributed by atoms with E-state index >= 15 is 0 Å². The highest BCUT2D eigenvalue weighted by atomic mass is 19.4. The zero-order valence-corrected chi connectivity index (χ0v) is 8.59. The molecule has 1 aromatic rings. The molecule has 0 aliphatic heterocycles. The van der Waals surface area contributed by atoms with Crippen LogP contribution >= 0.6 is 0 Å². The van der Waals surface area contributed by atoms with Crippen molar-refractivity contribution < 1.29 is 22.0 Å². The normalized spacial score (nSPS) is 11.1. The van der Waals surface area contributed by atoms with E-state index in [2.05, 4.69) is 4.98 Å². The Kier molecular flexibility index (Phi) is 3.82. The maximum absolute atomic E-state index is 12.7. The van der Waals surface area contributed by atoms with Gasteiger partial charge in [-0.05, 0) is 0 Å². The molecule has 18 heavy (non-hydrogen) atoms. The van der Waals surface area contributed by atoms with Crippen molar-refractivity contribution >= 4 is 0 Å². The van der Waals surface area contributed by atoms with Crippen LogP contribution in [0.3, 0.4) is 0 Å². The van der Waals surface area contributed by atoms with Crippen molar-refractivity contribution in [1.82, 2.24) is 4.98 Å². The van der Waals surface area contributed by atoms with Gasteiger partial charge in [-0.3, -0.25) is 0 Å². The molecule has 0 radical (unpaired) electrons. The predicted molar refractivity (Wildman–Crippen MR) is 48.2 cm³/mol. The molecule has 0 amide bonds. The number of rotatable bonds is 2. The fourth-order valence-corrected chi connectivity index (χ4v) is 1.42. The molecule has 0 aromatic carbocycles. The zero-order chi connectivity index (χ0) is 13.9. The Hall–Kier alpha value is -2.22. The second-order valence-corrected chi connectivity index (χ2v) is 3.16. The molecule has 0 atom stereocenters. The standard InChI is InChI=1S/C10H4F5N3/c11-9(12)6-4-18-7(3-17)5(1-2-16)8(6)10(13,14)15/h4,9H,1H2. The number of hydrogen-bond donors (Lipinski definition) is 0. The summed E-state index contributed by atoms with van der Waals surface area (Å²) >= 11 is 0. The molecule has 0 aliphatic rings. The molecular formula is C10H4F5N3. The van der Waals surface area contributed by atoms with Gasteiger partial charge in [-0.25, -0.2) is 13.8 Å². The van der Waals surface area contributed by atoms with Crippen molar-refractivity contribution in [3.05, 3.63) is 28.6 Å². The largest absolute Gasteiger partial charge is 0.417 e. The summed E-state index contributed by atoms with van der Waals surface area (Å²) < 4.78 is 63.2. The van der Waals surface area contributed by atoms with Crippen LogP contribution in [0.15, 0.2) is 6.20 Å². The SMILES string of the molecule is N#CCc1c(C#N)ncc(C(F)F)c1C(F)(F)F. The van der Waals surface area contributed by atoms with E-state index in [0.717, 1.165) is 0 Å². The van der Waals surface area contributed by atoms with Crippen molar-refractivity contribution in [2.45, 2.75) is 19.0 Å². The average molecular weight is 261 g/mol. The summed E-state index contributed by atoms with van der Waals surface area (Å²) in [6, 6.07) is 2.75. The Morgan fingerprint density at radius 3 is 2.28 bits per heavy atom. The lowest BCUT2D eigenvalue weighted by Gasteiger charge is -2.16. The Morgan fingerprint density at radius 1 is 1.28 bits per heavy atom. The molecule has 1 aromatic heterocycles. The van der Waals surface area contributed by atoms with E-state index in [0.29, 0.717) is 6.20 Å². The van der Waals surface area contributed by atoms with E-state index < -0.39 is 41.4 Å². The molecule has 1 heterocycles. The molecule has 1 rings (SSSR count). The average Bonchev–Trinajstić information content (AvgIpc) is 2.27. The lowest BCUT2D eigenvalue weighted by molar-refractivity contribution is -0.140. The molecule has 0 spiro atoms. The Labute approximate surface area is 98.1 Å². The van der Waals surface area contributed by atoms with Gasteiger partial charge in [-0.1, -0.05) is 0 Å². The highest BCUT2D eigenvalue weighted by Gasteiger charge is 2.39. The van der Waals surface area contributed by atoms with Gasteiger partial charge in [0, 0.05) is 17.3 Å². The zero-order valence-electron chi connectivity index (χ0n) is 8.59. The van der Waals surface area contributed by atoms with Crippen molar-refractivity contribution in [2.75, 3.05) is 0 Å². The monoisotopic (exact) mass is 261 g/mol. The van der Waals surface area contributed by atoms with Gasteiger partial charge in [0.25, 0.3) is 6.43 Å². The van der Waals surface area contributed by atoms with Crippen LogP contribution < -0.4 is 0 Å². The molecule has 94 valence electrons. The van der Waals surface area contributed by atoms with Gasteiger partial charge in [0.15, 0.2) is 0 Å². The predicted octanol–water partition coefficient (Wildman–Crippen LogP) is 2.98. The summed E-state index contributed by atoms with van der Waals surface area (Å²) in [7, 11) is 0. The number of pyridine rings is 1. The van der Waals surface area contributed by atoms with Crippen LogP contribution in [0.1, 0.15) is 28.8 Å². The first-order chi connectivity index (χ1) is 8.32. The van der Waals surface area contributed by atoms with Crippen molar-refractivity contribution in [3.8, 4) is 12.1 Å². The molecule has 0 N–H and O–H groups in total. The summed E-state index contributed by atoms with van der Waals surface area (Å²) in [6.07, 6.45) is -8.97. The van der Waals surface area contributed by atoms with Crippen LogP contribution in [0, 0.1) is 22.7 Å². The fourth-order valence-electron chi connectivity index (χ4n) is 1.42. The van der Waals surface area contributed by atoms with E-state index in [4.69, 9.17) is 10.5 Å². The van der Waals surface area contributed by atoms with Crippen LogP contribution in [0.4, 0.5) is 22.0 Å². The van der Waals surface area contributed by atoms with Gasteiger partial charge in [-0.15, -0.1) is 0 Å². The minimum Gasteiger partial charge on any atom is -0.245 e. The van der Waals surface area contributed by atoms with E-state index in [1.807, 2.05) is 0 Å². The maximum Gasteiger partial charge on any atom is 0.417 e. The number of halogens is 5. The molecule has 8 heteroatoms. The third kappa shape index (κ3) is 2.54. The van der Waals surface area contributed by atoms with Crippen molar-refractivity contribution in [2.24, 2.45) is 0 Å².